The number of aryl methyl sites for hydroxylation is 1. The summed E-state index contributed by atoms with van der Waals surface area (Å²) >= 11 is 0. The minimum atomic E-state index is -3.53. The first-order valence-corrected chi connectivity index (χ1v) is 14.9. The van der Waals surface area contributed by atoms with E-state index in [9.17, 15) is 21.6 Å². The van der Waals surface area contributed by atoms with Gasteiger partial charge in [-0.15, -0.1) is 0 Å². The molecule has 10 heteroatoms. The molecule has 0 aliphatic carbocycles. The van der Waals surface area contributed by atoms with Crippen molar-refractivity contribution in [1.29, 1.82) is 0 Å². The number of hydrogen-bond donors (Lipinski definition) is 0. The van der Waals surface area contributed by atoms with Gasteiger partial charge in [-0.05, 0) is 45.1 Å². The lowest BCUT2D eigenvalue weighted by Crippen LogP contribution is -2.51. The van der Waals surface area contributed by atoms with E-state index in [1.807, 2.05) is 45.0 Å². The van der Waals surface area contributed by atoms with Gasteiger partial charge in [0.1, 0.15) is 0 Å². The van der Waals surface area contributed by atoms with Gasteiger partial charge in [0.05, 0.1) is 18.1 Å². The third kappa shape index (κ3) is 7.77. The van der Waals surface area contributed by atoms with Crippen molar-refractivity contribution in [2.45, 2.75) is 60.0 Å². The molecule has 1 heterocycles. The van der Waals surface area contributed by atoms with E-state index in [4.69, 9.17) is 0 Å². The molecule has 2 rings (SSSR count). The summed E-state index contributed by atoms with van der Waals surface area (Å²) < 4.78 is 52.6. The maximum atomic E-state index is 13.5. The first-order chi connectivity index (χ1) is 15.4. The van der Waals surface area contributed by atoms with Crippen LogP contribution in [0.4, 0.5) is 0 Å². The molecule has 0 unspecified atom stereocenters. The fourth-order valence-corrected chi connectivity index (χ4v) is 6.36. The standard InChI is InChI=1S/C23H39N3O5S2/c1-6-32(28,29)24-14-12-22(13-15-24)26(17-21-10-8-20(5)9-11-21)23(27)18-25(16-19(3)4)33(30,31)7-2/h8-11,19,22H,6-7,12-18H2,1-5H3. The molecular formula is C23H39N3O5S2. The van der Waals surface area contributed by atoms with Crippen molar-refractivity contribution in [3.8, 4) is 0 Å². The Bertz CT molecular complexity index is 983. The Morgan fingerprint density at radius 2 is 1.61 bits per heavy atom. The van der Waals surface area contributed by atoms with E-state index in [0.29, 0.717) is 32.5 Å². The Hall–Kier alpha value is -1.49. The van der Waals surface area contributed by atoms with E-state index in [2.05, 4.69) is 0 Å². The molecular weight excluding hydrogens is 462 g/mol. The molecule has 1 fully saturated rings. The summed E-state index contributed by atoms with van der Waals surface area (Å²) in [5, 5.41) is 0. The first kappa shape index (κ1) is 27.8. The van der Waals surface area contributed by atoms with E-state index in [0.717, 1.165) is 11.1 Å². The van der Waals surface area contributed by atoms with E-state index in [1.54, 1.807) is 18.7 Å². The average Bonchev–Trinajstić information content (AvgIpc) is 2.78. The van der Waals surface area contributed by atoms with Crippen LogP contribution >= 0.6 is 0 Å². The second kappa shape index (κ2) is 11.8. The molecule has 0 saturated carbocycles. The molecule has 0 N–H and O–H groups in total. The van der Waals surface area contributed by atoms with Crippen molar-refractivity contribution in [1.82, 2.24) is 13.5 Å². The van der Waals surface area contributed by atoms with Gasteiger partial charge in [0, 0.05) is 32.2 Å². The molecule has 1 aliphatic rings. The number of nitrogens with zero attached hydrogens (tertiary/aromatic N) is 3. The molecule has 1 saturated heterocycles. The van der Waals surface area contributed by atoms with Crippen LogP contribution in [0.15, 0.2) is 24.3 Å². The van der Waals surface area contributed by atoms with Crippen molar-refractivity contribution in [2.24, 2.45) is 5.92 Å². The minimum Gasteiger partial charge on any atom is -0.334 e. The SMILES string of the molecule is CCS(=O)(=O)N1CCC(N(Cc2ccc(C)cc2)C(=O)CN(CC(C)C)S(=O)(=O)CC)CC1. The Labute approximate surface area is 200 Å². The number of amides is 1. The largest absolute Gasteiger partial charge is 0.334 e. The lowest BCUT2D eigenvalue weighted by Gasteiger charge is -2.39. The Kier molecular flexibility index (Phi) is 9.90. The van der Waals surface area contributed by atoms with Gasteiger partial charge in [-0.25, -0.2) is 21.1 Å². The summed E-state index contributed by atoms with van der Waals surface area (Å²) in [7, 11) is -6.79. The number of benzene rings is 1. The normalized spacial score (nSPS) is 16.5. The molecule has 188 valence electrons. The minimum absolute atomic E-state index is 0.0573. The number of piperidine rings is 1. The van der Waals surface area contributed by atoms with Crippen LogP contribution in [0.2, 0.25) is 0 Å². The number of carbonyl (C=O) groups excluding carboxylic acids is 1. The summed E-state index contributed by atoms with van der Waals surface area (Å²) in [6.07, 6.45) is 1.06. The zero-order valence-corrected chi connectivity index (χ0v) is 22.2. The topological polar surface area (TPSA) is 95.1 Å². The van der Waals surface area contributed by atoms with Crippen LogP contribution in [0.1, 0.15) is 51.7 Å². The Balaban J connectivity index is 2.26. The molecule has 0 bridgehead atoms. The maximum Gasteiger partial charge on any atom is 0.238 e. The highest BCUT2D eigenvalue weighted by Crippen LogP contribution is 2.22. The van der Waals surface area contributed by atoms with Crippen molar-refractivity contribution in [3.63, 3.8) is 0 Å². The quantitative estimate of drug-likeness (QED) is 0.464. The third-order valence-corrected chi connectivity index (χ3v) is 9.73. The molecule has 0 aromatic heterocycles. The average molecular weight is 502 g/mol. The van der Waals surface area contributed by atoms with E-state index in [-0.39, 0.29) is 42.5 Å². The zero-order chi connectivity index (χ0) is 24.8. The van der Waals surface area contributed by atoms with Gasteiger partial charge in [-0.2, -0.15) is 4.31 Å². The van der Waals surface area contributed by atoms with Gasteiger partial charge in [-0.3, -0.25) is 4.79 Å². The van der Waals surface area contributed by atoms with Crippen LogP contribution in [0.25, 0.3) is 0 Å². The number of rotatable bonds is 11. The second-order valence-electron chi connectivity index (χ2n) is 9.12. The molecule has 1 aromatic carbocycles. The smallest absolute Gasteiger partial charge is 0.238 e. The van der Waals surface area contributed by atoms with Gasteiger partial charge in [-0.1, -0.05) is 43.7 Å². The monoisotopic (exact) mass is 501 g/mol. The van der Waals surface area contributed by atoms with E-state index < -0.39 is 20.0 Å². The predicted octanol–water partition coefficient (Wildman–Crippen LogP) is 2.45. The number of carbonyl (C=O) groups is 1. The maximum absolute atomic E-state index is 13.5. The summed E-state index contributed by atoms with van der Waals surface area (Å²) in [4.78, 5) is 15.2. The molecule has 8 nitrogen and oxygen atoms in total. The van der Waals surface area contributed by atoms with Gasteiger partial charge in [0.25, 0.3) is 0 Å². The molecule has 0 spiro atoms. The highest BCUT2D eigenvalue weighted by molar-refractivity contribution is 7.89. The van der Waals surface area contributed by atoms with E-state index in [1.165, 1.54) is 8.61 Å². The van der Waals surface area contributed by atoms with Crippen molar-refractivity contribution < 1.29 is 21.6 Å². The first-order valence-electron chi connectivity index (χ1n) is 11.7. The molecule has 1 aromatic rings. The molecule has 33 heavy (non-hydrogen) atoms. The molecule has 0 radical (unpaired) electrons. The summed E-state index contributed by atoms with van der Waals surface area (Å²) in [6, 6.07) is 7.77. The predicted molar refractivity (Wildman–Crippen MR) is 132 cm³/mol. The van der Waals surface area contributed by atoms with Crippen LogP contribution in [0, 0.1) is 12.8 Å². The summed E-state index contributed by atoms with van der Waals surface area (Å²) in [5.41, 5.74) is 2.08. The molecule has 1 aliphatic heterocycles. The lowest BCUT2D eigenvalue weighted by atomic mass is 10.0. The molecule has 1 amide bonds. The third-order valence-electron chi connectivity index (χ3n) is 6.05. The zero-order valence-electron chi connectivity index (χ0n) is 20.5. The van der Waals surface area contributed by atoms with Crippen molar-refractivity contribution in [3.05, 3.63) is 35.4 Å². The highest BCUT2D eigenvalue weighted by atomic mass is 32.2. The summed E-state index contributed by atoms with van der Waals surface area (Å²) in [6.45, 7) is 10.2. The van der Waals surface area contributed by atoms with Gasteiger partial charge in [0.2, 0.25) is 26.0 Å². The van der Waals surface area contributed by atoms with Crippen LogP contribution < -0.4 is 0 Å². The van der Waals surface area contributed by atoms with Crippen LogP contribution in [-0.2, 0) is 31.4 Å². The number of sulfonamides is 2. The van der Waals surface area contributed by atoms with Crippen molar-refractivity contribution >= 4 is 26.0 Å². The van der Waals surface area contributed by atoms with Crippen LogP contribution in [-0.4, -0.2) is 80.0 Å². The van der Waals surface area contributed by atoms with Crippen LogP contribution in [0.3, 0.4) is 0 Å². The number of hydrogen-bond acceptors (Lipinski definition) is 5. The van der Waals surface area contributed by atoms with Crippen molar-refractivity contribution in [2.75, 3.05) is 37.7 Å². The fourth-order valence-electron chi connectivity index (χ4n) is 4.03. The highest BCUT2D eigenvalue weighted by Gasteiger charge is 2.34. The van der Waals surface area contributed by atoms with E-state index >= 15 is 0 Å². The van der Waals surface area contributed by atoms with Crippen LogP contribution in [0.5, 0.6) is 0 Å². The second-order valence-corrected chi connectivity index (χ2v) is 13.6. The molecule has 0 atom stereocenters. The fraction of sp³-hybridized carbons (Fsp3) is 0.696. The van der Waals surface area contributed by atoms with Gasteiger partial charge >= 0.3 is 0 Å². The summed E-state index contributed by atoms with van der Waals surface area (Å²) in [5.74, 6) is -0.154. The lowest BCUT2D eigenvalue weighted by molar-refractivity contribution is -0.135. The van der Waals surface area contributed by atoms with Gasteiger partial charge in [0.15, 0.2) is 0 Å². The van der Waals surface area contributed by atoms with Gasteiger partial charge < -0.3 is 4.90 Å². The Morgan fingerprint density at radius 3 is 2.09 bits per heavy atom. The Morgan fingerprint density at radius 1 is 1.03 bits per heavy atom.